The number of rotatable bonds is 6. The lowest BCUT2D eigenvalue weighted by Gasteiger charge is -2.13. The van der Waals surface area contributed by atoms with Crippen LogP contribution in [0.25, 0.3) is 16.8 Å². The van der Waals surface area contributed by atoms with E-state index < -0.39 is 5.91 Å². The number of benzene rings is 4. The monoisotopic (exact) mass is 472 g/mol. The number of carbonyl (C=O) groups excluding carboxylic acids is 1. The largest absolute Gasteiger partial charge is 0.488 e. The van der Waals surface area contributed by atoms with Crippen LogP contribution in [-0.4, -0.2) is 5.91 Å². The Labute approximate surface area is 201 Å². The van der Waals surface area contributed by atoms with Gasteiger partial charge in [0.2, 0.25) is 0 Å². The maximum absolute atomic E-state index is 12.8. The fraction of sp³-hybridized carbons (Fsp3) is 0.0370. The van der Waals surface area contributed by atoms with Crippen molar-refractivity contribution < 1.29 is 9.53 Å². The van der Waals surface area contributed by atoms with E-state index >= 15 is 0 Å². The number of anilines is 1. The molecular formula is C27H18Cl2N2O2. The Hall–Kier alpha value is -3.78. The molecule has 0 aliphatic rings. The minimum atomic E-state index is -0.537. The third kappa shape index (κ3) is 5.35. The molecule has 0 unspecified atom stereocenters. The van der Waals surface area contributed by atoms with Crippen molar-refractivity contribution in [3.05, 3.63) is 112 Å². The second-order valence-electron chi connectivity index (χ2n) is 7.21. The van der Waals surface area contributed by atoms with E-state index in [1.807, 2.05) is 60.7 Å². The lowest BCUT2D eigenvalue weighted by Crippen LogP contribution is -2.13. The Kier molecular flexibility index (Phi) is 6.95. The van der Waals surface area contributed by atoms with Crippen molar-refractivity contribution in [2.45, 2.75) is 6.61 Å². The van der Waals surface area contributed by atoms with Crippen LogP contribution in [0.5, 0.6) is 5.75 Å². The van der Waals surface area contributed by atoms with E-state index in [0.29, 0.717) is 27.0 Å². The molecule has 0 fully saturated rings. The summed E-state index contributed by atoms with van der Waals surface area (Å²) >= 11 is 12.3. The molecule has 0 saturated heterocycles. The molecule has 4 aromatic carbocycles. The topological polar surface area (TPSA) is 62.1 Å². The van der Waals surface area contributed by atoms with Crippen LogP contribution < -0.4 is 10.1 Å². The van der Waals surface area contributed by atoms with Crippen LogP contribution in [-0.2, 0) is 11.4 Å². The highest BCUT2D eigenvalue weighted by Crippen LogP contribution is 2.31. The molecule has 0 aliphatic carbocycles. The second-order valence-corrected chi connectivity index (χ2v) is 8.06. The zero-order chi connectivity index (χ0) is 23.2. The van der Waals surface area contributed by atoms with Gasteiger partial charge < -0.3 is 10.1 Å². The van der Waals surface area contributed by atoms with Gasteiger partial charge in [0.25, 0.3) is 5.91 Å². The molecule has 1 amide bonds. The summed E-state index contributed by atoms with van der Waals surface area (Å²) in [6.45, 7) is 0.245. The summed E-state index contributed by atoms with van der Waals surface area (Å²) in [6, 6.07) is 27.7. The number of hydrogen-bond donors (Lipinski definition) is 1. The number of fused-ring (bicyclic) bond motifs is 1. The number of hydrogen-bond acceptors (Lipinski definition) is 3. The van der Waals surface area contributed by atoms with Crippen LogP contribution in [0, 0.1) is 11.3 Å². The molecule has 1 N–H and O–H groups in total. The molecule has 4 nitrogen and oxygen atoms in total. The average molecular weight is 473 g/mol. The number of halogens is 2. The molecule has 0 spiro atoms. The summed E-state index contributed by atoms with van der Waals surface area (Å²) in [5, 5.41) is 15.4. The third-order valence-electron chi connectivity index (χ3n) is 5.01. The van der Waals surface area contributed by atoms with Crippen LogP contribution in [0.2, 0.25) is 10.0 Å². The molecule has 33 heavy (non-hydrogen) atoms. The van der Waals surface area contributed by atoms with Crippen LogP contribution >= 0.6 is 23.2 Å². The summed E-state index contributed by atoms with van der Waals surface area (Å²) < 4.78 is 6.08. The lowest BCUT2D eigenvalue weighted by atomic mass is 10.0. The van der Waals surface area contributed by atoms with Gasteiger partial charge in [0.15, 0.2) is 0 Å². The number of ether oxygens (including phenoxy) is 1. The van der Waals surface area contributed by atoms with Crippen molar-refractivity contribution in [1.82, 2.24) is 0 Å². The summed E-state index contributed by atoms with van der Waals surface area (Å²) in [5.41, 5.74) is 1.91. The maximum Gasteiger partial charge on any atom is 0.266 e. The smallest absolute Gasteiger partial charge is 0.266 e. The lowest BCUT2D eigenvalue weighted by molar-refractivity contribution is -0.112. The first-order valence-corrected chi connectivity index (χ1v) is 10.9. The van der Waals surface area contributed by atoms with Crippen molar-refractivity contribution in [2.75, 3.05) is 5.32 Å². The van der Waals surface area contributed by atoms with E-state index in [2.05, 4.69) is 5.32 Å². The van der Waals surface area contributed by atoms with Crippen molar-refractivity contribution in [1.29, 1.82) is 5.26 Å². The number of nitrogens with zero attached hydrogens (tertiary/aromatic N) is 1. The second kappa shape index (κ2) is 10.2. The average Bonchev–Trinajstić information content (AvgIpc) is 2.82. The Bertz CT molecular complexity index is 1410. The molecule has 4 rings (SSSR count). The van der Waals surface area contributed by atoms with E-state index in [-0.39, 0.29) is 12.2 Å². The SMILES string of the molecule is N#C/C(=C\c1c(OCc2ccccc2Cl)ccc2ccccc12)C(=O)Nc1cccc(Cl)c1. The van der Waals surface area contributed by atoms with Crippen LogP contribution in [0.1, 0.15) is 11.1 Å². The Balaban J connectivity index is 1.71. The predicted octanol–water partition coefficient (Wildman–Crippen LogP) is 7.27. The standard InChI is InChI=1S/C27H18Cl2N2O2/c28-21-8-5-9-22(15-21)31-27(32)20(16-30)14-24-23-10-3-1-6-18(23)12-13-26(24)33-17-19-7-2-4-11-25(19)29/h1-15H,17H2,(H,31,32)/b20-14+. The Morgan fingerprint density at radius 3 is 2.55 bits per heavy atom. The minimum Gasteiger partial charge on any atom is -0.488 e. The van der Waals surface area contributed by atoms with E-state index in [4.69, 9.17) is 27.9 Å². The first-order valence-electron chi connectivity index (χ1n) is 10.1. The van der Waals surface area contributed by atoms with Gasteiger partial charge in [-0.15, -0.1) is 0 Å². The fourth-order valence-corrected chi connectivity index (χ4v) is 3.76. The summed E-state index contributed by atoms with van der Waals surface area (Å²) in [6.07, 6.45) is 1.55. The summed E-state index contributed by atoms with van der Waals surface area (Å²) in [7, 11) is 0. The molecule has 0 aliphatic heterocycles. The highest BCUT2D eigenvalue weighted by atomic mass is 35.5. The highest BCUT2D eigenvalue weighted by molar-refractivity contribution is 6.31. The number of amides is 1. The van der Waals surface area contributed by atoms with Crippen molar-refractivity contribution >= 4 is 51.6 Å². The molecular weight excluding hydrogens is 455 g/mol. The normalized spacial score (nSPS) is 11.1. The van der Waals surface area contributed by atoms with Gasteiger partial charge in [-0.05, 0) is 47.2 Å². The quantitative estimate of drug-likeness (QED) is 0.237. The van der Waals surface area contributed by atoms with Gasteiger partial charge in [0.1, 0.15) is 24.0 Å². The van der Waals surface area contributed by atoms with Gasteiger partial charge in [0.05, 0.1) is 0 Å². The molecule has 0 radical (unpaired) electrons. The third-order valence-corrected chi connectivity index (χ3v) is 5.61. The van der Waals surface area contributed by atoms with Gasteiger partial charge in [-0.2, -0.15) is 5.26 Å². The van der Waals surface area contributed by atoms with Crippen molar-refractivity contribution in [2.24, 2.45) is 0 Å². The molecule has 0 bridgehead atoms. The van der Waals surface area contributed by atoms with Crippen molar-refractivity contribution in [3.8, 4) is 11.8 Å². The van der Waals surface area contributed by atoms with Crippen molar-refractivity contribution in [3.63, 3.8) is 0 Å². The van der Waals surface area contributed by atoms with Gasteiger partial charge in [-0.3, -0.25) is 4.79 Å². The summed E-state index contributed by atoms with van der Waals surface area (Å²) in [5.74, 6) is 0.00156. The first-order chi connectivity index (χ1) is 16.0. The van der Waals surface area contributed by atoms with Gasteiger partial charge in [0, 0.05) is 26.9 Å². The zero-order valence-electron chi connectivity index (χ0n) is 17.4. The number of nitriles is 1. The Morgan fingerprint density at radius 2 is 1.76 bits per heavy atom. The van der Waals surface area contributed by atoms with Gasteiger partial charge in [-0.1, -0.05) is 77.8 Å². The molecule has 0 heterocycles. The fourth-order valence-electron chi connectivity index (χ4n) is 3.38. The van der Waals surface area contributed by atoms with E-state index in [0.717, 1.165) is 16.3 Å². The summed E-state index contributed by atoms with van der Waals surface area (Å²) in [4.78, 5) is 12.8. The maximum atomic E-state index is 12.8. The number of carbonyl (C=O) groups is 1. The van der Waals surface area contributed by atoms with Gasteiger partial charge >= 0.3 is 0 Å². The highest BCUT2D eigenvalue weighted by Gasteiger charge is 2.14. The zero-order valence-corrected chi connectivity index (χ0v) is 18.9. The molecule has 0 atom stereocenters. The molecule has 4 aromatic rings. The molecule has 0 saturated carbocycles. The van der Waals surface area contributed by atoms with Crippen LogP contribution in [0.3, 0.4) is 0 Å². The van der Waals surface area contributed by atoms with Crippen LogP contribution in [0.4, 0.5) is 5.69 Å². The van der Waals surface area contributed by atoms with Gasteiger partial charge in [-0.25, -0.2) is 0 Å². The van der Waals surface area contributed by atoms with E-state index in [1.165, 1.54) is 0 Å². The minimum absolute atomic E-state index is 0.0612. The Morgan fingerprint density at radius 1 is 0.970 bits per heavy atom. The molecule has 6 heteroatoms. The first kappa shape index (κ1) is 22.4. The number of nitrogens with one attached hydrogen (secondary N) is 1. The molecule has 162 valence electrons. The van der Waals surface area contributed by atoms with E-state index in [1.54, 1.807) is 36.4 Å². The van der Waals surface area contributed by atoms with E-state index in [9.17, 15) is 10.1 Å². The molecule has 0 aromatic heterocycles. The van der Waals surface area contributed by atoms with Crippen LogP contribution in [0.15, 0.2) is 90.5 Å². The predicted molar refractivity (Wildman–Crippen MR) is 133 cm³/mol.